The van der Waals surface area contributed by atoms with Gasteiger partial charge in [0.15, 0.2) is 0 Å². The maximum atomic E-state index is 12.5. The summed E-state index contributed by atoms with van der Waals surface area (Å²) >= 11 is 1.34. The molecule has 7 heteroatoms. The monoisotopic (exact) mass is 386 g/mol. The van der Waals surface area contributed by atoms with Crippen molar-refractivity contribution >= 4 is 38.3 Å². The number of hydrogen-bond acceptors (Lipinski definition) is 6. The average Bonchev–Trinajstić information content (AvgIpc) is 3.13. The standard InChI is InChI=1S/C20H22N2O4S/c1-13-3-4-16-14(11-13)18-15(20(24)26-16)12-17(27-18)19(23)21-5-2-6-22-7-9-25-10-8-22/h3-4,11-12H,2,5-10H2,1H3,(H,21,23). The van der Waals surface area contributed by atoms with Crippen LogP contribution in [0, 0.1) is 6.92 Å². The first-order valence-corrected chi connectivity index (χ1v) is 9.99. The quantitative estimate of drug-likeness (QED) is 0.539. The van der Waals surface area contributed by atoms with Crippen LogP contribution in [-0.2, 0) is 4.74 Å². The van der Waals surface area contributed by atoms with Crippen molar-refractivity contribution in [2.75, 3.05) is 39.4 Å². The van der Waals surface area contributed by atoms with Gasteiger partial charge in [-0.3, -0.25) is 9.69 Å². The lowest BCUT2D eigenvalue weighted by molar-refractivity contribution is 0.0374. The second-order valence-corrected chi connectivity index (χ2v) is 7.86. The number of rotatable bonds is 5. The highest BCUT2D eigenvalue weighted by molar-refractivity contribution is 7.21. The van der Waals surface area contributed by atoms with Crippen molar-refractivity contribution < 1.29 is 13.9 Å². The average molecular weight is 386 g/mol. The summed E-state index contributed by atoms with van der Waals surface area (Å²) in [6, 6.07) is 7.34. The SMILES string of the molecule is Cc1ccc2oc(=O)c3cc(C(=O)NCCCN4CCOCC4)sc3c2c1. The van der Waals surface area contributed by atoms with Gasteiger partial charge in [0.25, 0.3) is 5.91 Å². The Labute approximate surface area is 160 Å². The summed E-state index contributed by atoms with van der Waals surface area (Å²) in [6.07, 6.45) is 0.890. The van der Waals surface area contributed by atoms with Gasteiger partial charge in [-0.2, -0.15) is 0 Å². The van der Waals surface area contributed by atoms with Gasteiger partial charge in [0, 0.05) is 25.0 Å². The molecule has 27 heavy (non-hydrogen) atoms. The molecular weight excluding hydrogens is 364 g/mol. The van der Waals surface area contributed by atoms with E-state index in [1.165, 1.54) is 11.3 Å². The fourth-order valence-electron chi connectivity index (χ4n) is 3.34. The molecule has 0 saturated carbocycles. The minimum absolute atomic E-state index is 0.140. The highest BCUT2D eigenvalue weighted by Gasteiger charge is 2.16. The van der Waals surface area contributed by atoms with Gasteiger partial charge in [-0.1, -0.05) is 11.6 Å². The van der Waals surface area contributed by atoms with E-state index in [9.17, 15) is 9.59 Å². The normalized spacial score (nSPS) is 15.4. The third-order valence-corrected chi connectivity index (χ3v) is 5.97. The van der Waals surface area contributed by atoms with E-state index in [0.29, 0.717) is 22.4 Å². The van der Waals surface area contributed by atoms with Crippen molar-refractivity contribution in [2.24, 2.45) is 0 Å². The number of carbonyl (C=O) groups excluding carboxylic acids is 1. The number of hydrogen-bond donors (Lipinski definition) is 1. The molecule has 1 amide bonds. The van der Waals surface area contributed by atoms with Crippen LogP contribution in [0.1, 0.15) is 21.7 Å². The molecule has 3 heterocycles. The molecule has 1 aliphatic rings. The second kappa shape index (κ2) is 7.80. The Kier molecular flexibility index (Phi) is 5.24. The number of fused-ring (bicyclic) bond motifs is 3. The maximum Gasteiger partial charge on any atom is 0.345 e. The molecule has 6 nitrogen and oxygen atoms in total. The molecule has 4 rings (SSSR count). The number of ether oxygens (including phenoxy) is 1. The summed E-state index contributed by atoms with van der Waals surface area (Å²) in [6.45, 7) is 7.02. The van der Waals surface area contributed by atoms with Gasteiger partial charge in [0.1, 0.15) is 5.58 Å². The number of nitrogens with zero attached hydrogens (tertiary/aromatic N) is 1. The summed E-state index contributed by atoms with van der Waals surface area (Å²) in [5, 5.41) is 4.30. The number of aryl methyl sites for hydroxylation is 1. The highest BCUT2D eigenvalue weighted by Crippen LogP contribution is 2.31. The van der Waals surface area contributed by atoms with Crippen LogP contribution in [0.5, 0.6) is 0 Å². The summed E-state index contributed by atoms with van der Waals surface area (Å²) < 4.78 is 11.5. The molecule has 0 spiro atoms. The lowest BCUT2D eigenvalue weighted by atomic mass is 10.1. The van der Waals surface area contributed by atoms with Gasteiger partial charge in [0.05, 0.1) is 28.2 Å². The van der Waals surface area contributed by atoms with Gasteiger partial charge >= 0.3 is 5.63 Å². The maximum absolute atomic E-state index is 12.5. The molecule has 1 N–H and O–H groups in total. The van der Waals surface area contributed by atoms with Gasteiger partial charge in [-0.25, -0.2) is 4.79 Å². The van der Waals surface area contributed by atoms with Gasteiger partial charge in [-0.15, -0.1) is 11.3 Å². The first-order valence-electron chi connectivity index (χ1n) is 9.17. The van der Waals surface area contributed by atoms with Crippen LogP contribution in [0.15, 0.2) is 33.5 Å². The molecule has 3 aromatic rings. The van der Waals surface area contributed by atoms with Gasteiger partial charge < -0.3 is 14.5 Å². The van der Waals surface area contributed by atoms with Crippen molar-refractivity contribution in [2.45, 2.75) is 13.3 Å². The lowest BCUT2D eigenvalue weighted by Crippen LogP contribution is -2.38. The van der Waals surface area contributed by atoms with Crippen LogP contribution < -0.4 is 10.9 Å². The first kappa shape index (κ1) is 18.2. The number of morpholine rings is 1. The third-order valence-electron chi connectivity index (χ3n) is 4.80. The van der Waals surface area contributed by atoms with E-state index >= 15 is 0 Å². The van der Waals surface area contributed by atoms with E-state index < -0.39 is 5.63 Å². The van der Waals surface area contributed by atoms with Crippen molar-refractivity contribution in [3.05, 3.63) is 45.1 Å². The van der Waals surface area contributed by atoms with Crippen molar-refractivity contribution in [3.8, 4) is 0 Å². The number of nitrogens with one attached hydrogen (secondary N) is 1. The highest BCUT2D eigenvalue weighted by atomic mass is 32.1. The summed E-state index contributed by atoms with van der Waals surface area (Å²) in [4.78, 5) is 27.6. The molecule has 1 saturated heterocycles. The van der Waals surface area contributed by atoms with Crippen molar-refractivity contribution in [1.82, 2.24) is 10.2 Å². The minimum atomic E-state index is -0.399. The van der Waals surface area contributed by atoms with Crippen LogP contribution in [0.3, 0.4) is 0 Å². The first-order chi connectivity index (χ1) is 13.1. The zero-order valence-corrected chi connectivity index (χ0v) is 16.1. The number of thiophene rings is 1. The molecular formula is C20H22N2O4S. The topological polar surface area (TPSA) is 71.8 Å². The van der Waals surface area contributed by atoms with Crippen LogP contribution in [0.25, 0.3) is 21.1 Å². The molecule has 0 bridgehead atoms. The van der Waals surface area contributed by atoms with Crippen LogP contribution in [-0.4, -0.2) is 50.2 Å². The Balaban J connectivity index is 1.47. The largest absolute Gasteiger partial charge is 0.422 e. The van der Waals surface area contributed by atoms with Crippen LogP contribution >= 0.6 is 11.3 Å². The number of carbonyl (C=O) groups is 1. The predicted molar refractivity (Wildman–Crippen MR) is 107 cm³/mol. The molecule has 1 aliphatic heterocycles. The lowest BCUT2D eigenvalue weighted by Gasteiger charge is -2.26. The summed E-state index contributed by atoms with van der Waals surface area (Å²) in [7, 11) is 0. The van der Waals surface area contributed by atoms with Crippen molar-refractivity contribution in [3.63, 3.8) is 0 Å². The van der Waals surface area contributed by atoms with E-state index in [-0.39, 0.29) is 5.91 Å². The van der Waals surface area contributed by atoms with Gasteiger partial charge in [-0.05, 0) is 38.1 Å². The minimum Gasteiger partial charge on any atom is -0.422 e. The predicted octanol–water partition coefficient (Wildman–Crippen LogP) is 2.77. The molecule has 0 aliphatic carbocycles. The second-order valence-electron chi connectivity index (χ2n) is 6.81. The molecule has 1 aromatic carbocycles. The Bertz CT molecular complexity index is 1030. The Hall–Kier alpha value is -2.22. The van der Waals surface area contributed by atoms with E-state index in [2.05, 4.69) is 10.2 Å². The zero-order valence-electron chi connectivity index (χ0n) is 15.2. The number of benzene rings is 1. The fourth-order valence-corrected chi connectivity index (χ4v) is 4.42. The van der Waals surface area contributed by atoms with E-state index in [0.717, 1.165) is 54.9 Å². The van der Waals surface area contributed by atoms with Crippen molar-refractivity contribution in [1.29, 1.82) is 0 Å². The summed E-state index contributed by atoms with van der Waals surface area (Å²) in [5.74, 6) is -0.140. The van der Waals surface area contributed by atoms with Crippen LogP contribution in [0.4, 0.5) is 0 Å². The Morgan fingerprint density at radius 2 is 2.04 bits per heavy atom. The summed E-state index contributed by atoms with van der Waals surface area (Å²) in [5.41, 5.74) is 1.24. The van der Waals surface area contributed by atoms with E-state index in [1.807, 2.05) is 19.1 Å². The van der Waals surface area contributed by atoms with E-state index in [4.69, 9.17) is 9.15 Å². The molecule has 1 fully saturated rings. The zero-order chi connectivity index (χ0) is 18.8. The smallest absolute Gasteiger partial charge is 0.345 e. The molecule has 142 valence electrons. The molecule has 2 aromatic heterocycles. The van der Waals surface area contributed by atoms with E-state index in [1.54, 1.807) is 12.1 Å². The fraction of sp³-hybridized carbons (Fsp3) is 0.400. The van der Waals surface area contributed by atoms with Crippen LogP contribution in [0.2, 0.25) is 0 Å². The molecule has 0 unspecified atom stereocenters. The number of amides is 1. The molecule has 0 radical (unpaired) electrons. The van der Waals surface area contributed by atoms with Gasteiger partial charge in [0.2, 0.25) is 0 Å². The Morgan fingerprint density at radius 1 is 1.22 bits per heavy atom. The third kappa shape index (κ3) is 3.90. The Morgan fingerprint density at radius 3 is 2.85 bits per heavy atom. The molecule has 0 atom stereocenters.